The summed E-state index contributed by atoms with van der Waals surface area (Å²) in [4.78, 5) is 12.5. The Hall–Kier alpha value is -2.95. The Morgan fingerprint density at radius 1 is 1.08 bits per heavy atom. The van der Waals surface area contributed by atoms with Crippen LogP contribution in [0.15, 0.2) is 54.6 Å². The van der Waals surface area contributed by atoms with Gasteiger partial charge in [-0.2, -0.15) is 0 Å². The van der Waals surface area contributed by atoms with Crippen molar-refractivity contribution in [2.24, 2.45) is 0 Å². The molecule has 0 spiro atoms. The van der Waals surface area contributed by atoms with Gasteiger partial charge in [-0.15, -0.1) is 0 Å². The van der Waals surface area contributed by atoms with E-state index in [4.69, 9.17) is 14.2 Å². The lowest BCUT2D eigenvalue weighted by Crippen LogP contribution is -2.13. The second-order valence-electron chi connectivity index (χ2n) is 5.29. The normalized spacial score (nSPS) is 9.96. The summed E-state index contributed by atoms with van der Waals surface area (Å²) in [7, 11) is 3.11. The van der Waals surface area contributed by atoms with Gasteiger partial charge in [0.05, 0.1) is 19.9 Å². The van der Waals surface area contributed by atoms with E-state index in [0.717, 1.165) is 5.57 Å². The minimum Gasteiger partial charge on any atom is -0.497 e. The Labute approximate surface area is 141 Å². The number of ether oxygens (including phenoxy) is 3. The van der Waals surface area contributed by atoms with Crippen molar-refractivity contribution in [3.63, 3.8) is 0 Å². The van der Waals surface area contributed by atoms with Gasteiger partial charge >= 0.3 is 0 Å². The van der Waals surface area contributed by atoms with Gasteiger partial charge in [0.15, 0.2) is 0 Å². The molecule has 0 atom stereocenters. The fraction of sp³-hybridized carbons (Fsp3) is 0.211. The maximum Gasteiger partial charge on any atom is 0.255 e. The predicted octanol–water partition coefficient (Wildman–Crippen LogP) is 3.91. The number of hydrogen-bond acceptors (Lipinski definition) is 4. The largest absolute Gasteiger partial charge is 0.497 e. The van der Waals surface area contributed by atoms with Crippen molar-refractivity contribution < 1.29 is 19.0 Å². The molecule has 2 aromatic carbocycles. The molecule has 126 valence electrons. The van der Waals surface area contributed by atoms with Crippen LogP contribution in [0.1, 0.15) is 17.3 Å². The number of amides is 1. The van der Waals surface area contributed by atoms with Gasteiger partial charge in [0.2, 0.25) is 0 Å². The molecule has 0 radical (unpaired) electrons. The van der Waals surface area contributed by atoms with E-state index < -0.39 is 0 Å². The molecule has 2 aromatic rings. The average Bonchev–Trinajstić information content (AvgIpc) is 2.60. The summed E-state index contributed by atoms with van der Waals surface area (Å²) in [5, 5.41) is 2.83. The van der Waals surface area contributed by atoms with E-state index in [0.29, 0.717) is 35.1 Å². The topological polar surface area (TPSA) is 56.8 Å². The molecule has 5 nitrogen and oxygen atoms in total. The van der Waals surface area contributed by atoms with Crippen LogP contribution < -0.4 is 19.5 Å². The minimum atomic E-state index is -0.262. The number of methoxy groups -OCH3 is 2. The molecular weight excluding hydrogens is 306 g/mol. The van der Waals surface area contributed by atoms with Crippen molar-refractivity contribution in [1.82, 2.24) is 0 Å². The van der Waals surface area contributed by atoms with E-state index in [1.165, 1.54) is 0 Å². The highest BCUT2D eigenvalue weighted by molar-refractivity contribution is 6.05. The van der Waals surface area contributed by atoms with Crippen molar-refractivity contribution in [1.29, 1.82) is 0 Å². The summed E-state index contributed by atoms with van der Waals surface area (Å²) in [6, 6.07) is 12.2. The molecule has 0 unspecified atom stereocenters. The average molecular weight is 327 g/mol. The van der Waals surface area contributed by atoms with Crippen LogP contribution in [0.4, 0.5) is 5.69 Å². The third kappa shape index (κ3) is 4.52. The molecule has 1 N–H and O–H groups in total. The van der Waals surface area contributed by atoms with Gasteiger partial charge in [0.25, 0.3) is 5.91 Å². The zero-order chi connectivity index (χ0) is 17.5. The first-order chi connectivity index (χ1) is 11.5. The van der Waals surface area contributed by atoms with Gasteiger partial charge in [-0.05, 0) is 42.8 Å². The molecule has 0 aliphatic rings. The third-order valence-corrected chi connectivity index (χ3v) is 3.24. The maximum atomic E-state index is 12.5. The van der Waals surface area contributed by atoms with E-state index in [-0.39, 0.29) is 5.91 Å². The van der Waals surface area contributed by atoms with Gasteiger partial charge in [-0.25, -0.2) is 0 Å². The van der Waals surface area contributed by atoms with Crippen LogP contribution >= 0.6 is 0 Å². The number of benzene rings is 2. The maximum absolute atomic E-state index is 12.5. The van der Waals surface area contributed by atoms with E-state index in [1.54, 1.807) is 56.7 Å². The molecule has 1 amide bonds. The lowest BCUT2D eigenvalue weighted by atomic mass is 10.2. The van der Waals surface area contributed by atoms with E-state index in [9.17, 15) is 4.79 Å². The molecule has 0 aliphatic heterocycles. The Bertz CT molecular complexity index is 740. The van der Waals surface area contributed by atoms with Crippen LogP contribution in [-0.2, 0) is 0 Å². The molecular formula is C19H21NO4. The van der Waals surface area contributed by atoms with Crippen LogP contribution in [0.25, 0.3) is 0 Å². The summed E-state index contributed by atoms with van der Waals surface area (Å²) in [5.74, 6) is 1.54. The fourth-order valence-corrected chi connectivity index (χ4v) is 2.04. The smallest absolute Gasteiger partial charge is 0.255 e. The molecule has 0 bridgehead atoms. The quantitative estimate of drug-likeness (QED) is 0.783. The highest BCUT2D eigenvalue weighted by atomic mass is 16.5. The van der Waals surface area contributed by atoms with Crippen molar-refractivity contribution in [3.8, 4) is 17.2 Å². The molecule has 0 aliphatic carbocycles. The van der Waals surface area contributed by atoms with Crippen molar-refractivity contribution >= 4 is 11.6 Å². The second kappa shape index (κ2) is 8.06. The van der Waals surface area contributed by atoms with E-state index in [2.05, 4.69) is 11.9 Å². The standard InChI is InChI=1S/C19H21NO4/c1-13(2)12-24-16-7-5-6-14(10-16)19(21)20-17-11-15(22-3)8-9-18(17)23-4/h5-11H,1,12H2,2-4H3,(H,20,21). The van der Waals surface area contributed by atoms with Gasteiger partial charge in [0, 0.05) is 11.6 Å². The summed E-state index contributed by atoms with van der Waals surface area (Å²) >= 11 is 0. The highest BCUT2D eigenvalue weighted by Gasteiger charge is 2.12. The third-order valence-electron chi connectivity index (χ3n) is 3.24. The second-order valence-corrected chi connectivity index (χ2v) is 5.29. The molecule has 0 saturated heterocycles. The van der Waals surface area contributed by atoms with Gasteiger partial charge in [-0.1, -0.05) is 12.6 Å². The first-order valence-electron chi connectivity index (χ1n) is 7.44. The minimum absolute atomic E-state index is 0.262. The number of rotatable bonds is 7. The zero-order valence-corrected chi connectivity index (χ0v) is 14.1. The summed E-state index contributed by atoms with van der Waals surface area (Å²) in [5.41, 5.74) is 1.93. The molecule has 0 fully saturated rings. The van der Waals surface area contributed by atoms with Crippen molar-refractivity contribution in [2.45, 2.75) is 6.92 Å². The molecule has 0 heterocycles. The molecule has 0 aromatic heterocycles. The Morgan fingerprint density at radius 3 is 2.54 bits per heavy atom. The Kier molecular flexibility index (Phi) is 5.84. The van der Waals surface area contributed by atoms with Crippen LogP contribution in [-0.4, -0.2) is 26.7 Å². The Morgan fingerprint density at radius 2 is 1.88 bits per heavy atom. The van der Waals surface area contributed by atoms with Crippen LogP contribution in [0.3, 0.4) is 0 Å². The number of hydrogen-bond donors (Lipinski definition) is 1. The van der Waals surface area contributed by atoms with Crippen LogP contribution in [0.5, 0.6) is 17.2 Å². The summed E-state index contributed by atoms with van der Waals surface area (Å²) in [6.07, 6.45) is 0. The first-order valence-corrected chi connectivity index (χ1v) is 7.44. The van der Waals surface area contributed by atoms with Crippen molar-refractivity contribution in [2.75, 3.05) is 26.1 Å². The summed E-state index contributed by atoms with van der Waals surface area (Å²) < 4.78 is 16.0. The number of carbonyl (C=O) groups excluding carboxylic acids is 1. The number of nitrogens with one attached hydrogen (secondary N) is 1. The predicted molar refractivity (Wildman–Crippen MR) is 94.3 cm³/mol. The first kappa shape index (κ1) is 17.4. The molecule has 2 rings (SSSR count). The fourth-order valence-electron chi connectivity index (χ4n) is 2.04. The number of carbonyl (C=O) groups is 1. The van der Waals surface area contributed by atoms with E-state index in [1.807, 2.05) is 6.92 Å². The van der Waals surface area contributed by atoms with Crippen LogP contribution in [0, 0.1) is 0 Å². The molecule has 5 heteroatoms. The highest BCUT2D eigenvalue weighted by Crippen LogP contribution is 2.29. The lowest BCUT2D eigenvalue weighted by Gasteiger charge is -2.12. The number of anilines is 1. The van der Waals surface area contributed by atoms with Gasteiger partial charge < -0.3 is 19.5 Å². The SMILES string of the molecule is C=C(C)COc1cccc(C(=O)Nc2cc(OC)ccc2OC)c1. The zero-order valence-electron chi connectivity index (χ0n) is 14.1. The Balaban J connectivity index is 2.18. The lowest BCUT2D eigenvalue weighted by molar-refractivity contribution is 0.102. The monoisotopic (exact) mass is 327 g/mol. The van der Waals surface area contributed by atoms with Gasteiger partial charge in [-0.3, -0.25) is 4.79 Å². The summed E-state index contributed by atoms with van der Waals surface area (Å²) in [6.45, 7) is 6.08. The molecule has 24 heavy (non-hydrogen) atoms. The van der Waals surface area contributed by atoms with Crippen molar-refractivity contribution in [3.05, 3.63) is 60.2 Å². The van der Waals surface area contributed by atoms with E-state index >= 15 is 0 Å². The van der Waals surface area contributed by atoms with Crippen LogP contribution in [0.2, 0.25) is 0 Å². The molecule has 0 saturated carbocycles. The van der Waals surface area contributed by atoms with Gasteiger partial charge in [0.1, 0.15) is 23.9 Å².